The van der Waals surface area contributed by atoms with Gasteiger partial charge in [-0.15, -0.1) is 0 Å². The Balaban J connectivity index is 3.74. The molecule has 0 radical (unpaired) electrons. The Morgan fingerprint density at radius 1 is 1.16 bits per heavy atom. The van der Waals surface area contributed by atoms with Crippen LogP contribution < -0.4 is 11.1 Å². The maximum absolute atomic E-state index is 11.5. The molecule has 0 bridgehead atoms. The molecule has 114 valence electrons. The first-order valence-corrected chi connectivity index (χ1v) is 6.64. The fourth-order valence-electron chi connectivity index (χ4n) is 1.64. The number of amides is 1. The lowest BCUT2D eigenvalue weighted by atomic mass is 9.96. The molecular formula is C13H28N2O4. The number of primary amides is 1. The van der Waals surface area contributed by atoms with Crippen molar-refractivity contribution in [3.05, 3.63) is 0 Å². The number of methoxy groups -OCH3 is 1. The summed E-state index contributed by atoms with van der Waals surface area (Å²) in [6.07, 6.45) is 0.540. The Labute approximate surface area is 116 Å². The largest absolute Gasteiger partial charge is 0.382 e. The molecule has 0 fully saturated rings. The van der Waals surface area contributed by atoms with Crippen molar-refractivity contribution >= 4 is 5.91 Å². The maximum Gasteiger partial charge on any atom is 0.237 e. The Hall–Kier alpha value is -0.690. The molecule has 0 spiro atoms. The second-order valence-corrected chi connectivity index (χ2v) is 4.96. The standard InChI is InChI=1S/C13H28N2O4/c1-11(2)15-13(3,12(14)16)5-6-18-9-10-19-8-7-17-4/h11,15H,5-10H2,1-4H3,(H2,14,16). The highest BCUT2D eigenvalue weighted by Gasteiger charge is 2.30. The molecule has 0 saturated heterocycles. The van der Waals surface area contributed by atoms with Gasteiger partial charge >= 0.3 is 0 Å². The summed E-state index contributed by atoms with van der Waals surface area (Å²) in [4.78, 5) is 11.5. The van der Waals surface area contributed by atoms with Gasteiger partial charge in [0.2, 0.25) is 5.91 Å². The Kier molecular flexibility index (Phi) is 9.77. The summed E-state index contributed by atoms with van der Waals surface area (Å²) in [5, 5.41) is 3.17. The number of ether oxygens (including phenoxy) is 3. The summed E-state index contributed by atoms with van der Waals surface area (Å²) in [5.41, 5.74) is 4.69. The van der Waals surface area contributed by atoms with Crippen LogP contribution in [0, 0.1) is 0 Å². The fraction of sp³-hybridized carbons (Fsp3) is 0.923. The van der Waals surface area contributed by atoms with E-state index in [1.165, 1.54) is 0 Å². The number of nitrogens with two attached hydrogens (primary N) is 1. The molecule has 3 N–H and O–H groups in total. The van der Waals surface area contributed by atoms with Crippen LogP contribution in [0.5, 0.6) is 0 Å². The van der Waals surface area contributed by atoms with E-state index < -0.39 is 5.54 Å². The Bertz CT molecular complexity index is 249. The topological polar surface area (TPSA) is 82.8 Å². The molecule has 1 amide bonds. The van der Waals surface area contributed by atoms with Crippen LogP contribution in [-0.4, -0.2) is 57.6 Å². The summed E-state index contributed by atoms with van der Waals surface area (Å²) < 4.78 is 15.5. The van der Waals surface area contributed by atoms with Gasteiger partial charge in [-0.05, 0) is 27.2 Å². The van der Waals surface area contributed by atoms with Crippen LogP contribution in [0.25, 0.3) is 0 Å². The normalized spacial score (nSPS) is 14.6. The van der Waals surface area contributed by atoms with Crippen molar-refractivity contribution < 1.29 is 19.0 Å². The average Bonchev–Trinajstić information content (AvgIpc) is 2.31. The van der Waals surface area contributed by atoms with Crippen molar-refractivity contribution in [2.24, 2.45) is 5.73 Å². The molecule has 0 aliphatic rings. The van der Waals surface area contributed by atoms with Crippen molar-refractivity contribution in [3.63, 3.8) is 0 Å². The molecule has 6 nitrogen and oxygen atoms in total. The minimum Gasteiger partial charge on any atom is -0.382 e. The Morgan fingerprint density at radius 2 is 1.68 bits per heavy atom. The van der Waals surface area contributed by atoms with Crippen LogP contribution in [0.1, 0.15) is 27.2 Å². The van der Waals surface area contributed by atoms with Gasteiger partial charge in [-0.3, -0.25) is 4.79 Å². The summed E-state index contributed by atoms with van der Waals surface area (Å²) in [5.74, 6) is -0.360. The lowest BCUT2D eigenvalue weighted by Gasteiger charge is -2.29. The predicted molar refractivity (Wildman–Crippen MR) is 74.0 cm³/mol. The summed E-state index contributed by atoms with van der Waals surface area (Å²) >= 11 is 0. The van der Waals surface area contributed by atoms with Crippen LogP contribution in [0.2, 0.25) is 0 Å². The zero-order chi connectivity index (χ0) is 14.7. The third kappa shape index (κ3) is 8.93. The predicted octanol–water partition coefficient (Wildman–Crippen LogP) is 0.298. The zero-order valence-electron chi connectivity index (χ0n) is 12.5. The molecule has 0 aromatic rings. The molecule has 1 atom stereocenters. The fourth-order valence-corrected chi connectivity index (χ4v) is 1.64. The SMILES string of the molecule is COCCOCCOCCC(C)(NC(C)C)C(N)=O. The molecule has 19 heavy (non-hydrogen) atoms. The van der Waals surface area contributed by atoms with Gasteiger partial charge in [0.05, 0.1) is 32.0 Å². The average molecular weight is 276 g/mol. The van der Waals surface area contributed by atoms with E-state index in [0.29, 0.717) is 39.5 Å². The van der Waals surface area contributed by atoms with Crippen molar-refractivity contribution in [3.8, 4) is 0 Å². The molecule has 0 heterocycles. The van der Waals surface area contributed by atoms with E-state index >= 15 is 0 Å². The lowest BCUT2D eigenvalue weighted by Crippen LogP contribution is -2.56. The second kappa shape index (κ2) is 10.1. The number of nitrogens with one attached hydrogen (secondary N) is 1. The highest BCUT2D eigenvalue weighted by atomic mass is 16.5. The van der Waals surface area contributed by atoms with E-state index in [4.69, 9.17) is 19.9 Å². The van der Waals surface area contributed by atoms with Crippen molar-refractivity contribution in [2.75, 3.05) is 40.1 Å². The molecule has 0 saturated carbocycles. The van der Waals surface area contributed by atoms with Gasteiger partial charge in [-0.1, -0.05) is 0 Å². The molecule has 0 aromatic carbocycles. The minimum atomic E-state index is -0.731. The number of hydrogen-bond acceptors (Lipinski definition) is 5. The van der Waals surface area contributed by atoms with E-state index in [9.17, 15) is 4.79 Å². The number of hydrogen-bond donors (Lipinski definition) is 2. The van der Waals surface area contributed by atoms with Gasteiger partial charge in [-0.25, -0.2) is 0 Å². The van der Waals surface area contributed by atoms with E-state index in [-0.39, 0.29) is 11.9 Å². The number of rotatable bonds is 12. The first kappa shape index (κ1) is 18.3. The number of carbonyl (C=O) groups is 1. The third-order valence-electron chi connectivity index (χ3n) is 2.70. The zero-order valence-corrected chi connectivity index (χ0v) is 12.5. The summed E-state index contributed by atoms with van der Waals surface area (Å²) in [6.45, 7) is 8.39. The second-order valence-electron chi connectivity index (χ2n) is 4.96. The molecule has 1 unspecified atom stereocenters. The van der Waals surface area contributed by atoms with Gasteiger partial charge in [0.25, 0.3) is 0 Å². The first-order valence-electron chi connectivity index (χ1n) is 6.64. The maximum atomic E-state index is 11.5. The van der Waals surface area contributed by atoms with Crippen LogP contribution in [0.15, 0.2) is 0 Å². The van der Waals surface area contributed by atoms with Gasteiger partial charge in [0.15, 0.2) is 0 Å². The van der Waals surface area contributed by atoms with Crippen LogP contribution in [0.3, 0.4) is 0 Å². The van der Waals surface area contributed by atoms with E-state index in [1.807, 2.05) is 13.8 Å². The molecule has 0 aliphatic heterocycles. The van der Waals surface area contributed by atoms with Crippen molar-refractivity contribution in [1.29, 1.82) is 0 Å². The molecule has 0 rings (SSSR count). The quantitative estimate of drug-likeness (QED) is 0.501. The summed E-state index contributed by atoms with van der Waals surface area (Å²) in [6, 6.07) is 0.190. The molecule has 0 aromatic heterocycles. The van der Waals surface area contributed by atoms with Gasteiger partial charge in [0.1, 0.15) is 0 Å². The lowest BCUT2D eigenvalue weighted by molar-refractivity contribution is -0.125. The van der Waals surface area contributed by atoms with Crippen molar-refractivity contribution in [2.45, 2.75) is 38.8 Å². The van der Waals surface area contributed by atoms with Gasteiger partial charge < -0.3 is 25.3 Å². The highest BCUT2D eigenvalue weighted by Crippen LogP contribution is 2.10. The van der Waals surface area contributed by atoms with E-state index in [1.54, 1.807) is 14.0 Å². The van der Waals surface area contributed by atoms with Gasteiger partial charge in [0, 0.05) is 19.8 Å². The van der Waals surface area contributed by atoms with Crippen LogP contribution in [-0.2, 0) is 19.0 Å². The molecule has 0 aliphatic carbocycles. The van der Waals surface area contributed by atoms with Gasteiger partial charge in [-0.2, -0.15) is 0 Å². The molecule has 6 heteroatoms. The van der Waals surface area contributed by atoms with Crippen LogP contribution in [0.4, 0.5) is 0 Å². The Morgan fingerprint density at radius 3 is 2.16 bits per heavy atom. The highest BCUT2D eigenvalue weighted by molar-refractivity contribution is 5.84. The first-order chi connectivity index (χ1) is 8.92. The third-order valence-corrected chi connectivity index (χ3v) is 2.70. The van der Waals surface area contributed by atoms with E-state index in [0.717, 1.165) is 0 Å². The number of carbonyl (C=O) groups excluding carboxylic acids is 1. The summed E-state index contributed by atoms with van der Waals surface area (Å²) in [7, 11) is 1.63. The van der Waals surface area contributed by atoms with Crippen LogP contribution >= 0.6 is 0 Å². The van der Waals surface area contributed by atoms with E-state index in [2.05, 4.69) is 5.32 Å². The monoisotopic (exact) mass is 276 g/mol. The smallest absolute Gasteiger partial charge is 0.237 e. The minimum absolute atomic E-state index is 0.190. The molecular weight excluding hydrogens is 248 g/mol. The van der Waals surface area contributed by atoms with Crippen molar-refractivity contribution in [1.82, 2.24) is 5.32 Å².